The van der Waals surface area contributed by atoms with Gasteiger partial charge in [0.2, 0.25) is 0 Å². The van der Waals surface area contributed by atoms with Crippen LogP contribution in [-0.2, 0) is 4.74 Å². The Labute approximate surface area is 199 Å². The Morgan fingerprint density at radius 1 is 1.27 bits per heavy atom. The van der Waals surface area contributed by atoms with Crippen molar-refractivity contribution in [2.24, 2.45) is 5.41 Å². The van der Waals surface area contributed by atoms with Gasteiger partial charge in [-0.15, -0.1) is 0 Å². The molecule has 1 amide bonds. The number of benzene rings is 1. The third-order valence-corrected chi connectivity index (χ3v) is 6.96. The molecule has 6 nitrogen and oxygen atoms in total. The number of aromatic amines is 1. The van der Waals surface area contributed by atoms with Crippen molar-refractivity contribution in [3.63, 3.8) is 0 Å². The van der Waals surface area contributed by atoms with Crippen LogP contribution >= 0.6 is 11.6 Å². The maximum atomic E-state index is 14.2. The lowest BCUT2D eigenvalue weighted by atomic mass is 9.66. The van der Waals surface area contributed by atoms with E-state index in [1.165, 1.54) is 12.1 Å². The second-order valence-corrected chi connectivity index (χ2v) is 10.3. The SMILES string of the molecule is CCC(NC(=O)OC(C)(C)C)C1(CC)CCC(Oc2cc3c(F)c[nH]c(=O)c3cc2Cl)CC1. The van der Waals surface area contributed by atoms with Crippen LogP contribution in [0.5, 0.6) is 5.75 Å². The molecule has 0 saturated heterocycles. The van der Waals surface area contributed by atoms with Crippen LogP contribution in [0.4, 0.5) is 9.18 Å². The zero-order valence-electron chi connectivity index (χ0n) is 20.0. The summed E-state index contributed by atoms with van der Waals surface area (Å²) in [5.41, 5.74) is -0.984. The molecule has 8 heteroatoms. The lowest BCUT2D eigenvalue weighted by molar-refractivity contribution is 0.0249. The summed E-state index contributed by atoms with van der Waals surface area (Å²) in [5, 5.41) is 3.75. The molecule has 2 aromatic rings. The van der Waals surface area contributed by atoms with E-state index in [1.54, 1.807) is 0 Å². The standard InChI is InChI=1S/C25H34ClFN2O4/c1-6-21(29-23(31)33-24(3,4)5)25(7-2)10-8-15(9-11-25)32-20-13-16-17(12-18(20)26)22(30)28-14-19(16)27/h12-15,21H,6-11H2,1-5H3,(H,28,30)(H,29,31). The van der Waals surface area contributed by atoms with E-state index in [9.17, 15) is 14.0 Å². The summed E-state index contributed by atoms with van der Waals surface area (Å²) in [6.07, 6.45) is 5.63. The van der Waals surface area contributed by atoms with Gasteiger partial charge in [-0.05, 0) is 76.8 Å². The highest BCUT2D eigenvalue weighted by Gasteiger charge is 2.41. The molecular weight excluding hydrogens is 447 g/mol. The molecule has 1 aromatic heterocycles. The number of hydrogen-bond donors (Lipinski definition) is 2. The van der Waals surface area contributed by atoms with Crippen molar-refractivity contribution < 1.29 is 18.7 Å². The van der Waals surface area contributed by atoms with E-state index in [-0.39, 0.29) is 39.4 Å². The molecule has 1 fully saturated rings. The number of alkyl carbamates (subject to hydrolysis) is 1. The number of H-pyrrole nitrogens is 1. The molecule has 1 aliphatic rings. The van der Waals surface area contributed by atoms with E-state index < -0.39 is 17.0 Å². The molecule has 1 unspecified atom stereocenters. The number of amides is 1. The largest absolute Gasteiger partial charge is 0.489 e. The minimum Gasteiger partial charge on any atom is -0.489 e. The Kier molecular flexibility index (Phi) is 7.62. The Balaban J connectivity index is 1.71. The fourth-order valence-electron chi connectivity index (χ4n) is 4.86. The molecule has 182 valence electrons. The fraction of sp³-hybridized carbons (Fsp3) is 0.600. The van der Waals surface area contributed by atoms with Gasteiger partial charge in [0.05, 0.1) is 16.5 Å². The summed E-state index contributed by atoms with van der Waals surface area (Å²) in [4.78, 5) is 26.7. The van der Waals surface area contributed by atoms with Crippen LogP contribution in [0.25, 0.3) is 10.8 Å². The molecule has 0 bridgehead atoms. The Morgan fingerprint density at radius 3 is 2.52 bits per heavy atom. The van der Waals surface area contributed by atoms with Crippen molar-refractivity contribution in [1.82, 2.24) is 10.3 Å². The molecule has 1 aliphatic carbocycles. The van der Waals surface area contributed by atoms with Gasteiger partial charge in [0.1, 0.15) is 17.2 Å². The third kappa shape index (κ3) is 5.81. The van der Waals surface area contributed by atoms with Crippen molar-refractivity contribution in [2.75, 3.05) is 0 Å². The molecule has 1 heterocycles. The normalized spacial score (nSPS) is 22.1. The van der Waals surface area contributed by atoms with E-state index in [0.29, 0.717) is 5.75 Å². The summed E-state index contributed by atoms with van der Waals surface area (Å²) in [5.74, 6) is -0.152. The first kappa shape index (κ1) is 25.3. The van der Waals surface area contributed by atoms with Crippen molar-refractivity contribution >= 4 is 28.5 Å². The van der Waals surface area contributed by atoms with Gasteiger partial charge in [-0.1, -0.05) is 25.4 Å². The summed E-state index contributed by atoms with van der Waals surface area (Å²) >= 11 is 6.35. The van der Waals surface area contributed by atoms with Gasteiger partial charge < -0.3 is 19.8 Å². The highest BCUT2D eigenvalue weighted by Crippen LogP contribution is 2.44. The van der Waals surface area contributed by atoms with Gasteiger partial charge >= 0.3 is 6.09 Å². The number of halogens is 2. The number of rotatable bonds is 6. The number of carbonyl (C=O) groups is 1. The maximum absolute atomic E-state index is 14.2. The third-order valence-electron chi connectivity index (χ3n) is 6.67. The second kappa shape index (κ2) is 9.92. The van der Waals surface area contributed by atoms with Gasteiger partial charge in [-0.2, -0.15) is 0 Å². The molecule has 1 saturated carbocycles. The Morgan fingerprint density at radius 2 is 1.94 bits per heavy atom. The molecule has 2 N–H and O–H groups in total. The van der Waals surface area contributed by atoms with Crippen LogP contribution in [0.2, 0.25) is 5.02 Å². The molecule has 1 aromatic carbocycles. The van der Waals surface area contributed by atoms with Crippen LogP contribution in [0.3, 0.4) is 0 Å². The zero-order valence-corrected chi connectivity index (χ0v) is 20.8. The molecule has 0 radical (unpaired) electrons. The van der Waals surface area contributed by atoms with Crippen LogP contribution in [0.15, 0.2) is 23.1 Å². The van der Waals surface area contributed by atoms with Gasteiger partial charge in [0.25, 0.3) is 5.56 Å². The van der Waals surface area contributed by atoms with Crippen LogP contribution < -0.4 is 15.6 Å². The van der Waals surface area contributed by atoms with Crippen LogP contribution in [0, 0.1) is 11.2 Å². The van der Waals surface area contributed by atoms with Crippen molar-refractivity contribution in [1.29, 1.82) is 0 Å². The van der Waals surface area contributed by atoms with Gasteiger partial charge in [0.15, 0.2) is 0 Å². The highest BCUT2D eigenvalue weighted by atomic mass is 35.5. The molecule has 1 atom stereocenters. The van der Waals surface area contributed by atoms with Gasteiger partial charge in [-0.3, -0.25) is 4.79 Å². The van der Waals surface area contributed by atoms with E-state index in [2.05, 4.69) is 24.1 Å². The predicted octanol–water partition coefficient (Wildman–Crippen LogP) is 6.34. The summed E-state index contributed by atoms with van der Waals surface area (Å²) in [6.45, 7) is 9.79. The number of carbonyl (C=O) groups excluding carboxylic acids is 1. The molecule has 0 aliphatic heterocycles. The van der Waals surface area contributed by atoms with Crippen LogP contribution in [-0.4, -0.2) is 28.8 Å². The molecular formula is C25H34ClFN2O4. The number of hydrogen-bond acceptors (Lipinski definition) is 4. The van der Waals surface area contributed by atoms with Gasteiger partial charge in [-0.25, -0.2) is 9.18 Å². The second-order valence-electron chi connectivity index (χ2n) is 9.93. The molecule has 33 heavy (non-hydrogen) atoms. The molecule has 3 rings (SSSR count). The predicted molar refractivity (Wildman–Crippen MR) is 129 cm³/mol. The van der Waals surface area contributed by atoms with Gasteiger partial charge in [0, 0.05) is 17.6 Å². The summed E-state index contributed by atoms with van der Waals surface area (Å²) in [6, 6.07) is 2.96. The number of nitrogens with one attached hydrogen (secondary N) is 2. The van der Waals surface area contributed by atoms with E-state index in [4.69, 9.17) is 21.1 Å². The number of ether oxygens (including phenoxy) is 2. The van der Waals surface area contributed by atoms with E-state index in [1.807, 2.05) is 20.8 Å². The fourth-order valence-corrected chi connectivity index (χ4v) is 5.07. The zero-order chi connectivity index (χ0) is 24.4. The smallest absolute Gasteiger partial charge is 0.407 e. The van der Waals surface area contributed by atoms with Crippen molar-refractivity contribution in [3.8, 4) is 5.75 Å². The first-order valence-corrected chi connectivity index (χ1v) is 12.0. The average Bonchev–Trinajstić information content (AvgIpc) is 2.75. The summed E-state index contributed by atoms with van der Waals surface area (Å²) in [7, 11) is 0. The van der Waals surface area contributed by atoms with Crippen molar-refractivity contribution in [2.45, 2.75) is 90.9 Å². The first-order valence-electron chi connectivity index (χ1n) is 11.6. The molecule has 0 spiro atoms. The Hall–Kier alpha value is -2.28. The van der Waals surface area contributed by atoms with Crippen LogP contribution in [0.1, 0.15) is 73.1 Å². The minimum atomic E-state index is -0.545. The topological polar surface area (TPSA) is 80.4 Å². The quantitative estimate of drug-likeness (QED) is 0.505. The Bertz CT molecular complexity index is 1050. The monoisotopic (exact) mass is 480 g/mol. The van der Waals surface area contributed by atoms with E-state index in [0.717, 1.165) is 44.7 Å². The minimum absolute atomic E-state index is 0.00313. The van der Waals surface area contributed by atoms with E-state index >= 15 is 0 Å². The average molecular weight is 481 g/mol. The number of aromatic nitrogens is 1. The lowest BCUT2D eigenvalue weighted by Crippen LogP contribution is -2.50. The van der Waals surface area contributed by atoms with Crippen molar-refractivity contribution in [3.05, 3.63) is 39.5 Å². The summed E-state index contributed by atoms with van der Waals surface area (Å²) < 4.78 is 25.9. The highest BCUT2D eigenvalue weighted by molar-refractivity contribution is 6.32. The first-order chi connectivity index (χ1) is 15.5. The number of pyridine rings is 1. The maximum Gasteiger partial charge on any atom is 0.407 e. The lowest BCUT2D eigenvalue weighted by Gasteiger charge is -2.45. The number of fused-ring (bicyclic) bond motifs is 1.